The van der Waals surface area contributed by atoms with Crippen LogP contribution in [0.4, 0.5) is 13.2 Å². The zero-order valence-electron chi connectivity index (χ0n) is 17.8. The lowest BCUT2D eigenvalue weighted by atomic mass is 9.92. The first-order chi connectivity index (χ1) is 14.8. The highest BCUT2D eigenvalue weighted by Crippen LogP contribution is 2.37. The van der Waals surface area contributed by atoms with Crippen LogP contribution in [0, 0.1) is 0 Å². The smallest absolute Gasteiger partial charge is 0.417 e. The molecule has 9 heteroatoms. The van der Waals surface area contributed by atoms with Crippen LogP contribution in [0.5, 0.6) is 0 Å². The van der Waals surface area contributed by atoms with E-state index >= 15 is 0 Å². The van der Waals surface area contributed by atoms with Crippen molar-refractivity contribution < 1.29 is 23.1 Å². The van der Waals surface area contributed by atoms with Gasteiger partial charge in [-0.15, -0.1) is 0 Å². The molecule has 3 rings (SSSR count). The van der Waals surface area contributed by atoms with Gasteiger partial charge in [-0.2, -0.15) is 13.2 Å². The number of hydrogen-bond acceptors (Lipinski definition) is 3. The fourth-order valence-electron chi connectivity index (χ4n) is 3.44. The van der Waals surface area contributed by atoms with E-state index in [2.05, 4.69) is 4.98 Å². The Bertz CT molecular complexity index is 1240. The molecule has 1 aromatic heterocycles. The van der Waals surface area contributed by atoms with Crippen molar-refractivity contribution in [3.05, 3.63) is 63.0 Å². The van der Waals surface area contributed by atoms with Gasteiger partial charge in [-0.25, -0.2) is 4.98 Å². The van der Waals surface area contributed by atoms with Gasteiger partial charge < -0.3 is 9.67 Å². The van der Waals surface area contributed by atoms with Crippen LogP contribution in [0.3, 0.4) is 0 Å². The predicted octanol–water partition coefficient (Wildman–Crippen LogP) is 5.90. The number of rotatable bonds is 5. The fourth-order valence-corrected chi connectivity index (χ4v) is 3.66. The number of benzene rings is 2. The summed E-state index contributed by atoms with van der Waals surface area (Å²) in [7, 11) is 0. The molecule has 0 unspecified atom stereocenters. The van der Waals surface area contributed by atoms with Gasteiger partial charge in [0.1, 0.15) is 5.69 Å². The van der Waals surface area contributed by atoms with Crippen LogP contribution < -0.4 is 5.56 Å². The largest absolute Gasteiger partial charge is 0.481 e. The van der Waals surface area contributed by atoms with Crippen molar-refractivity contribution >= 4 is 28.6 Å². The number of alkyl halides is 3. The van der Waals surface area contributed by atoms with Gasteiger partial charge in [0.2, 0.25) is 0 Å². The van der Waals surface area contributed by atoms with Crippen molar-refractivity contribution in [1.82, 2.24) is 9.55 Å². The van der Waals surface area contributed by atoms with Crippen LogP contribution in [0.25, 0.3) is 22.2 Å². The number of hydrogen-bond donors (Lipinski definition) is 1. The van der Waals surface area contributed by atoms with E-state index in [1.807, 2.05) is 20.8 Å². The van der Waals surface area contributed by atoms with Gasteiger partial charge in [0.25, 0.3) is 5.56 Å². The average Bonchev–Trinajstić information content (AvgIpc) is 2.67. The first-order valence-electron chi connectivity index (χ1n) is 9.93. The van der Waals surface area contributed by atoms with Gasteiger partial charge in [-0.3, -0.25) is 9.59 Å². The molecular weight excluding hydrogens is 445 g/mol. The van der Waals surface area contributed by atoms with Crippen LogP contribution in [0.1, 0.15) is 44.9 Å². The minimum atomic E-state index is -4.61. The number of fused-ring (bicyclic) bond motifs is 1. The lowest BCUT2D eigenvalue weighted by Gasteiger charge is -2.20. The molecule has 0 aliphatic rings. The molecule has 0 atom stereocenters. The third kappa shape index (κ3) is 4.96. The molecule has 1 heterocycles. The Kier molecular flexibility index (Phi) is 6.38. The van der Waals surface area contributed by atoms with Crippen molar-refractivity contribution in [3.8, 4) is 11.1 Å². The summed E-state index contributed by atoms with van der Waals surface area (Å²) >= 11 is 5.73. The Labute approximate surface area is 187 Å². The maximum atomic E-state index is 13.3. The summed E-state index contributed by atoms with van der Waals surface area (Å²) in [4.78, 5) is 28.6. The quantitative estimate of drug-likeness (QED) is 0.508. The van der Waals surface area contributed by atoms with Gasteiger partial charge in [-0.05, 0) is 41.8 Å². The molecule has 170 valence electrons. The molecule has 0 saturated heterocycles. The Morgan fingerprint density at radius 2 is 1.72 bits per heavy atom. The Morgan fingerprint density at radius 1 is 1.09 bits per heavy atom. The van der Waals surface area contributed by atoms with Crippen LogP contribution in [0.15, 0.2) is 41.2 Å². The molecule has 0 spiro atoms. The molecule has 0 aliphatic carbocycles. The molecule has 3 aromatic rings. The Hall–Kier alpha value is -2.87. The summed E-state index contributed by atoms with van der Waals surface area (Å²) in [6.45, 7) is 5.70. The van der Waals surface area contributed by atoms with E-state index < -0.39 is 28.1 Å². The van der Waals surface area contributed by atoms with E-state index in [1.165, 1.54) is 16.7 Å². The highest BCUT2D eigenvalue weighted by Gasteiger charge is 2.33. The Balaban J connectivity index is 2.21. The lowest BCUT2D eigenvalue weighted by Crippen LogP contribution is -2.32. The van der Waals surface area contributed by atoms with Crippen molar-refractivity contribution in [2.24, 2.45) is 0 Å². The number of aryl methyl sites for hydroxylation is 1. The number of carbonyl (C=O) groups is 1. The summed E-state index contributed by atoms with van der Waals surface area (Å²) in [6, 6.07) is 8.51. The lowest BCUT2D eigenvalue weighted by molar-refractivity contribution is -0.138. The van der Waals surface area contributed by atoms with Crippen LogP contribution in [-0.2, 0) is 22.9 Å². The Morgan fingerprint density at radius 3 is 2.31 bits per heavy atom. The van der Waals surface area contributed by atoms with Crippen LogP contribution >= 0.6 is 11.6 Å². The third-order valence-corrected chi connectivity index (χ3v) is 5.36. The fraction of sp³-hybridized carbons (Fsp3) is 0.348. The van der Waals surface area contributed by atoms with Gasteiger partial charge >= 0.3 is 12.1 Å². The second kappa shape index (κ2) is 8.58. The first-order valence-corrected chi connectivity index (χ1v) is 10.3. The maximum Gasteiger partial charge on any atom is 0.417 e. The second-order valence-electron chi connectivity index (χ2n) is 8.56. The molecule has 5 nitrogen and oxygen atoms in total. The van der Waals surface area contributed by atoms with Crippen LogP contribution in [-0.4, -0.2) is 20.6 Å². The summed E-state index contributed by atoms with van der Waals surface area (Å²) in [5, 5.41) is 8.56. The van der Waals surface area contributed by atoms with Gasteiger partial charge in [0, 0.05) is 18.4 Å². The zero-order chi connectivity index (χ0) is 23.8. The minimum absolute atomic E-state index is 0.118. The topological polar surface area (TPSA) is 72.2 Å². The van der Waals surface area contributed by atoms with Gasteiger partial charge in [-0.1, -0.05) is 44.5 Å². The molecule has 32 heavy (non-hydrogen) atoms. The third-order valence-electron chi connectivity index (χ3n) is 5.03. The highest BCUT2D eigenvalue weighted by molar-refractivity contribution is 6.31. The molecule has 0 amide bonds. The van der Waals surface area contributed by atoms with E-state index in [4.69, 9.17) is 16.7 Å². The zero-order valence-corrected chi connectivity index (χ0v) is 18.5. The molecule has 0 fully saturated rings. The summed E-state index contributed by atoms with van der Waals surface area (Å²) < 4.78 is 41.3. The summed E-state index contributed by atoms with van der Waals surface area (Å²) in [5.74, 6) is -0.978. The second-order valence-corrected chi connectivity index (χ2v) is 8.97. The van der Waals surface area contributed by atoms with Crippen molar-refractivity contribution in [2.45, 2.75) is 51.7 Å². The van der Waals surface area contributed by atoms with Crippen molar-refractivity contribution in [1.29, 1.82) is 0 Å². The highest BCUT2D eigenvalue weighted by atomic mass is 35.5. The van der Waals surface area contributed by atoms with E-state index in [0.717, 1.165) is 6.07 Å². The summed E-state index contributed by atoms with van der Waals surface area (Å²) in [5.41, 5.74) is 0.156. The predicted molar refractivity (Wildman–Crippen MR) is 117 cm³/mol. The van der Waals surface area contributed by atoms with Gasteiger partial charge in [0.05, 0.1) is 21.6 Å². The number of aliphatic carboxylic acids is 1. The van der Waals surface area contributed by atoms with E-state index in [1.54, 1.807) is 18.2 Å². The number of carboxylic acids is 1. The summed E-state index contributed by atoms with van der Waals surface area (Å²) in [6.07, 6.45) is -4.50. The normalized spacial score (nSPS) is 12.3. The molecular formula is C23H22ClF3N2O3. The molecule has 0 radical (unpaired) electrons. The standard InChI is InChI=1S/C23H22ClF3N2O3/c1-22(2,3)20-21(32)29(10-4-5-19(30)31)18-12-14(7-9-17(18)28-20)13-6-8-16(24)15(11-13)23(25,26)27/h6-9,11-12H,4-5,10H2,1-3H3,(H,30,31). The number of nitrogens with zero attached hydrogens (tertiary/aromatic N) is 2. The SMILES string of the molecule is CC(C)(C)c1nc2ccc(-c3ccc(Cl)c(C(F)(F)F)c3)cc2n(CCCC(=O)O)c1=O. The molecule has 0 bridgehead atoms. The van der Waals surface area contributed by atoms with Crippen molar-refractivity contribution in [3.63, 3.8) is 0 Å². The molecule has 0 aliphatic heterocycles. The average molecular weight is 467 g/mol. The molecule has 0 saturated carbocycles. The number of halogens is 4. The number of carboxylic acid groups (broad SMARTS) is 1. The van der Waals surface area contributed by atoms with Crippen LogP contribution in [0.2, 0.25) is 5.02 Å². The maximum absolute atomic E-state index is 13.3. The van der Waals surface area contributed by atoms with E-state index in [-0.39, 0.29) is 30.5 Å². The monoisotopic (exact) mass is 466 g/mol. The van der Waals surface area contributed by atoms with Gasteiger partial charge in [0.15, 0.2) is 0 Å². The van der Waals surface area contributed by atoms with E-state index in [9.17, 15) is 22.8 Å². The number of aromatic nitrogens is 2. The first kappa shape index (κ1) is 23.8. The van der Waals surface area contributed by atoms with E-state index in [0.29, 0.717) is 22.3 Å². The minimum Gasteiger partial charge on any atom is -0.481 e. The molecule has 1 N–H and O–H groups in total. The van der Waals surface area contributed by atoms with Crippen molar-refractivity contribution in [2.75, 3.05) is 0 Å². The molecule has 2 aromatic carbocycles.